The van der Waals surface area contributed by atoms with Crippen LogP contribution in [0.2, 0.25) is 0 Å². The number of ether oxygens (including phenoxy) is 1. The van der Waals surface area contributed by atoms with Crippen molar-refractivity contribution >= 4 is 29.5 Å². The maximum atomic E-state index is 14.3. The number of piperidine rings is 1. The zero-order valence-electron chi connectivity index (χ0n) is 28.8. The van der Waals surface area contributed by atoms with Crippen LogP contribution in [0, 0.1) is 34.0 Å². The van der Waals surface area contributed by atoms with Gasteiger partial charge in [0.05, 0.1) is 24.3 Å². The molecule has 2 saturated carbocycles. The van der Waals surface area contributed by atoms with E-state index in [1.807, 2.05) is 62.3 Å². The second-order valence-corrected chi connectivity index (χ2v) is 17.0. The summed E-state index contributed by atoms with van der Waals surface area (Å²) >= 11 is 0. The molecule has 11 heteroatoms. The van der Waals surface area contributed by atoms with Gasteiger partial charge in [0.25, 0.3) is 5.91 Å². The number of nitrogens with zero attached hydrogens (tertiary/aromatic N) is 1. The molecule has 0 radical (unpaired) electrons. The molecule has 2 aliphatic carbocycles. The van der Waals surface area contributed by atoms with Crippen LogP contribution in [0.4, 0.5) is 4.79 Å². The van der Waals surface area contributed by atoms with Crippen LogP contribution in [-0.4, -0.2) is 77.4 Å². The number of primary amides is 1. The van der Waals surface area contributed by atoms with Crippen molar-refractivity contribution in [2.45, 2.75) is 132 Å². The number of hydrogen-bond donors (Lipinski definition) is 4. The number of amides is 5. The molecule has 0 aromatic rings. The molecular weight excluding hydrogens is 562 g/mol. The number of carbonyl (C=O) groups excluding carboxylic acids is 5. The molecule has 250 valence electrons. The number of ketones is 1. The molecule has 0 bridgehead atoms. The zero-order chi connectivity index (χ0) is 33.6. The van der Waals surface area contributed by atoms with Crippen molar-refractivity contribution in [1.82, 2.24) is 20.9 Å². The molecule has 1 aliphatic heterocycles. The van der Waals surface area contributed by atoms with Crippen molar-refractivity contribution in [2.24, 2.45) is 39.7 Å². The van der Waals surface area contributed by atoms with E-state index >= 15 is 0 Å². The average molecular weight is 620 g/mol. The van der Waals surface area contributed by atoms with E-state index in [2.05, 4.69) is 29.8 Å². The summed E-state index contributed by atoms with van der Waals surface area (Å²) in [7, 11) is 0. The predicted octanol–water partition coefficient (Wildman–Crippen LogP) is 3.14. The van der Waals surface area contributed by atoms with Crippen LogP contribution in [0.3, 0.4) is 0 Å². The molecule has 5 N–H and O–H groups in total. The highest BCUT2D eigenvalue weighted by atomic mass is 16.5. The van der Waals surface area contributed by atoms with Crippen LogP contribution in [0.1, 0.15) is 102 Å². The summed E-state index contributed by atoms with van der Waals surface area (Å²) in [4.78, 5) is 67.6. The van der Waals surface area contributed by atoms with Crippen molar-refractivity contribution in [1.29, 1.82) is 0 Å². The molecule has 0 aromatic heterocycles. The average Bonchev–Trinajstić information content (AvgIpc) is 3.17. The molecule has 1 heterocycles. The van der Waals surface area contributed by atoms with Gasteiger partial charge in [0.15, 0.2) is 0 Å². The molecule has 3 fully saturated rings. The van der Waals surface area contributed by atoms with Gasteiger partial charge in [-0.05, 0) is 61.2 Å². The number of Topliss-reactive ketones (excluding diaryl/α,β-unsaturated/α-hetero) is 1. The molecule has 0 aromatic carbocycles. The molecule has 5 amide bonds. The Morgan fingerprint density at radius 1 is 0.909 bits per heavy atom. The Morgan fingerprint density at radius 2 is 1.50 bits per heavy atom. The summed E-state index contributed by atoms with van der Waals surface area (Å²) in [6.45, 7) is 22.3. The third kappa shape index (κ3) is 8.31. The minimum absolute atomic E-state index is 0.103. The van der Waals surface area contributed by atoms with Gasteiger partial charge >= 0.3 is 6.03 Å². The smallest absolute Gasteiger partial charge is 0.315 e. The third-order valence-electron chi connectivity index (χ3n) is 9.85. The maximum Gasteiger partial charge on any atom is 0.315 e. The summed E-state index contributed by atoms with van der Waals surface area (Å²) < 4.78 is 5.98. The molecule has 6 atom stereocenters. The second kappa shape index (κ2) is 12.6. The second-order valence-electron chi connectivity index (χ2n) is 17.0. The Kier molecular flexibility index (Phi) is 10.2. The van der Waals surface area contributed by atoms with Gasteiger partial charge in [0.1, 0.15) is 12.1 Å². The predicted molar refractivity (Wildman–Crippen MR) is 168 cm³/mol. The van der Waals surface area contributed by atoms with Gasteiger partial charge in [-0.15, -0.1) is 0 Å². The van der Waals surface area contributed by atoms with Crippen LogP contribution in [0.15, 0.2) is 0 Å². The molecule has 0 spiro atoms. The van der Waals surface area contributed by atoms with E-state index in [4.69, 9.17) is 10.5 Å². The van der Waals surface area contributed by atoms with Crippen molar-refractivity contribution in [3.05, 3.63) is 0 Å². The monoisotopic (exact) mass is 619 g/mol. The Labute approximate surface area is 263 Å². The lowest BCUT2D eigenvalue weighted by atomic mass is 9.80. The summed E-state index contributed by atoms with van der Waals surface area (Å²) in [6.07, 6.45) is 3.27. The van der Waals surface area contributed by atoms with Gasteiger partial charge in [0.2, 0.25) is 17.6 Å². The van der Waals surface area contributed by atoms with Crippen LogP contribution in [-0.2, 0) is 23.9 Å². The lowest BCUT2D eigenvalue weighted by Crippen LogP contribution is -2.62. The fourth-order valence-corrected chi connectivity index (χ4v) is 6.52. The Morgan fingerprint density at radius 3 is 1.95 bits per heavy atom. The molecule has 2 unspecified atom stereocenters. The van der Waals surface area contributed by atoms with Crippen molar-refractivity contribution in [3.63, 3.8) is 0 Å². The first-order chi connectivity index (χ1) is 19.9. The van der Waals surface area contributed by atoms with Gasteiger partial charge in [-0.25, -0.2) is 4.79 Å². The number of likely N-dealkylation sites (tertiary alicyclic amines) is 1. The molecular formula is C33H57N5O6. The van der Waals surface area contributed by atoms with Gasteiger partial charge < -0.3 is 31.3 Å². The highest BCUT2D eigenvalue weighted by molar-refractivity contribution is 6.37. The van der Waals surface area contributed by atoms with E-state index in [1.54, 1.807) is 4.90 Å². The first-order valence-corrected chi connectivity index (χ1v) is 16.1. The summed E-state index contributed by atoms with van der Waals surface area (Å²) in [5.41, 5.74) is 3.80. The van der Waals surface area contributed by atoms with Gasteiger partial charge in [-0.3, -0.25) is 19.2 Å². The highest BCUT2D eigenvalue weighted by Gasteiger charge is 2.70. The normalized spacial score (nSPS) is 25.2. The van der Waals surface area contributed by atoms with Gasteiger partial charge in [-0.1, -0.05) is 74.7 Å². The number of nitrogens with two attached hydrogens (primary N) is 1. The summed E-state index contributed by atoms with van der Waals surface area (Å²) in [6, 6.07) is -3.60. The van der Waals surface area contributed by atoms with E-state index in [1.165, 1.54) is 0 Å². The summed E-state index contributed by atoms with van der Waals surface area (Å²) in [5.74, 6) is -2.47. The fourth-order valence-electron chi connectivity index (χ4n) is 6.52. The topological polar surface area (TPSA) is 160 Å². The number of fused-ring (bicyclic) bond motifs is 1. The highest BCUT2D eigenvalue weighted by Crippen LogP contribution is 2.65. The maximum absolute atomic E-state index is 14.3. The van der Waals surface area contributed by atoms with Crippen LogP contribution >= 0.6 is 0 Å². The summed E-state index contributed by atoms with van der Waals surface area (Å²) in [5, 5.41) is 8.74. The molecule has 11 nitrogen and oxygen atoms in total. The number of urea groups is 1. The van der Waals surface area contributed by atoms with Gasteiger partial charge in [0, 0.05) is 6.54 Å². The van der Waals surface area contributed by atoms with Crippen molar-refractivity contribution < 1.29 is 28.7 Å². The van der Waals surface area contributed by atoms with Gasteiger partial charge in [-0.2, -0.15) is 0 Å². The lowest BCUT2D eigenvalue weighted by Gasteiger charge is -2.39. The molecule has 44 heavy (non-hydrogen) atoms. The first-order valence-electron chi connectivity index (χ1n) is 16.1. The SMILES string of the molecule is CC(C)(C)OC[C@@H](NC(=O)N[C@H](C(=O)N1C[C@H]2C([C@H]1C(=O)NC(CC1CCC1)C(=O)C(N)=O)C2(C)C)C(C)(C)C)C(C)(C)C. The van der Waals surface area contributed by atoms with Crippen LogP contribution in [0.25, 0.3) is 0 Å². The number of nitrogens with one attached hydrogen (secondary N) is 3. The Bertz CT molecular complexity index is 1130. The Balaban J connectivity index is 1.81. The van der Waals surface area contributed by atoms with E-state index < -0.39 is 47.2 Å². The fraction of sp³-hybridized carbons (Fsp3) is 0.848. The van der Waals surface area contributed by atoms with E-state index in [0.717, 1.165) is 19.3 Å². The number of rotatable bonds is 11. The van der Waals surface area contributed by atoms with Crippen molar-refractivity contribution in [2.75, 3.05) is 13.2 Å². The Hall–Kier alpha value is -2.69. The quantitative estimate of drug-likeness (QED) is 0.260. The lowest BCUT2D eigenvalue weighted by molar-refractivity contribution is -0.145. The van der Waals surface area contributed by atoms with E-state index in [9.17, 15) is 24.0 Å². The third-order valence-corrected chi connectivity index (χ3v) is 9.85. The van der Waals surface area contributed by atoms with Crippen molar-refractivity contribution in [3.8, 4) is 0 Å². The zero-order valence-corrected chi connectivity index (χ0v) is 28.8. The minimum atomic E-state index is -1.08. The largest absolute Gasteiger partial charge is 0.374 e. The molecule has 3 rings (SSSR count). The minimum Gasteiger partial charge on any atom is -0.374 e. The number of hydrogen-bond acceptors (Lipinski definition) is 6. The number of carbonyl (C=O) groups is 5. The molecule has 3 aliphatic rings. The standard InChI is InChI=1S/C33H57N5O6/c1-30(2,3)21(17-44-32(7,8)9)36-29(43)37-25(31(4,5)6)28(42)38-16-19-22(33(19,10)11)23(38)27(41)35-20(24(39)26(34)40)15-18-13-12-14-18/h18-23,25H,12-17H2,1-11H3,(H2,34,40)(H,35,41)(H2,36,37,43)/t19-,20?,21+,22?,23-,25+/m0/s1. The van der Waals surface area contributed by atoms with E-state index in [0.29, 0.717) is 19.6 Å². The molecule has 1 saturated heterocycles. The van der Waals surface area contributed by atoms with E-state index in [-0.39, 0.29) is 46.1 Å². The van der Waals surface area contributed by atoms with Crippen LogP contribution in [0.5, 0.6) is 0 Å². The van der Waals surface area contributed by atoms with Crippen LogP contribution < -0.4 is 21.7 Å². The first kappa shape index (κ1) is 35.8.